The number of hydrogen-bond acceptors (Lipinski definition) is 4. The van der Waals surface area contributed by atoms with Gasteiger partial charge in [-0.05, 0) is 29.8 Å². The predicted octanol–water partition coefficient (Wildman–Crippen LogP) is 4.85. The van der Waals surface area contributed by atoms with Crippen molar-refractivity contribution in [3.8, 4) is 0 Å². The highest BCUT2D eigenvalue weighted by Gasteiger charge is 2.29. The fourth-order valence-electron chi connectivity index (χ4n) is 2.20. The second-order valence-corrected chi connectivity index (χ2v) is 5.33. The summed E-state index contributed by atoms with van der Waals surface area (Å²) in [4.78, 5) is 8.21. The lowest BCUT2D eigenvalue weighted by molar-refractivity contribution is -0.137. The van der Waals surface area contributed by atoms with Crippen LogP contribution < -0.4 is 10.6 Å². The lowest BCUT2D eigenvalue weighted by Crippen LogP contribution is -2.05. The minimum absolute atomic E-state index is 0.491. The summed E-state index contributed by atoms with van der Waals surface area (Å²) in [5.41, 5.74) is 0.935. The number of alkyl halides is 3. The quantitative estimate of drug-likeness (QED) is 0.695. The van der Waals surface area contributed by atoms with Crippen LogP contribution in [0, 0.1) is 0 Å². The molecule has 0 aliphatic carbocycles. The number of benzene rings is 2. The zero-order valence-electron chi connectivity index (χ0n) is 13.1. The summed E-state index contributed by atoms with van der Waals surface area (Å²) in [6.07, 6.45) is -2.96. The van der Waals surface area contributed by atoms with Gasteiger partial charge in [0.1, 0.15) is 18.0 Å². The number of halogens is 3. The van der Waals surface area contributed by atoms with Crippen molar-refractivity contribution < 1.29 is 13.2 Å². The summed E-state index contributed by atoms with van der Waals surface area (Å²) in [7, 11) is 0. The van der Waals surface area contributed by atoms with Gasteiger partial charge in [0.05, 0.1) is 5.56 Å². The van der Waals surface area contributed by atoms with Gasteiger partial charge in [0, 0.05) is 18.3 Å². The van der Waals surface area contributed by atoms with E-state index in [1.54, 1.807) is 6.07 Å². The third kappa shape index (κ3) is 4.69. The van der Waals surface area contributed by atoms with Crippen LogP contribution >= 0.6 is 0 Å². The first-order chi connectivity index (χ1) is 12.0. The van der Waals surface area contributed by atoms with E-state index in [-0.39, 0.29) is 0 Å². The molecule has 0 aliphatic heterocycles. The molecule has 3 rings (SSSR count). The Labute approximate surface area is 142 Å². The first-order valence-corrected chi connectivity index (χ1v) is 7.55. The lowest BCUT2D eigenvalue weighted by atomic mass is 10.2. The molecule has 7 heteroatoms. The number of nitrogens with zero attached hydrogens (tertiary/aromatic N) is 2. The lowest BCUT2D eigenvalue weighted by Gasteiger charge is -2.10. The SMILES string of the molecule is FC(F)(F)c1ccc(Nc2cc(NCc3ccccc3)ncn2)cc1. The standard InChI is InChI=1S/C18H15F3N4/c19-18(20,21)14-6-8-15(9-7-14)25-17-10-16(23-12-24-17)22-11-13-4-2-1-3-5-13/h1-10,12H,11H2,(H2,22,23,24,25). The average Bonchev–Trinajstić information content (AvgIpc) is 2.61. The van der Waals surface area contributed by atoms with Gasteiger partial charge in [0.2, 0.25) is 0 Å². The minimum Gasteiger partial charge on any atom is -0.366 e. The molecule has 0 atom stereocenters. The third-order valence-corrected chi connectivity index (χ3v) is 3.47. The second kappa shape index (κ2) is 7.21. The van der Waals surface area contributed by atoms with Crippen molar-refractivity contribution in [1.29, 1.82) is 0 Å². The van der Waals surface area contributed by atoms with E-state index < -0.39 is 11.7 Å². The van der Waals surface area contributed by atoms with Crippen molar-refractivity contribution in [2.75, 3.05) is 10.6 Å². The van der Waals surface area contributed by atoms with Gasteiger partial charge >= 0.3 is 6.18 Å². The van der Waals surface area contributed by atoms with Crippen LogP contribution in [0.2, 0.25) is 0 Å². The Kier molecular flexibility index (Phi) is 4.83. The van der Waals surface area contributed by atoms with E-state index in [4.69, 9.17) is 0 Å². The Bertz CT molecular complexity index is 818. The maximum absolute atomic E-state index is 12.6. The molecule has 1 aromatic heterocycles. The van der Waals surface area contributed by atoms with Crippen molar-refractivity contribution in [2.24, 2.45) is 0 Å². The Morgan fingerprint density at radius 1 is 0.840 bits per heavy atom. The number of aromatic nitrogens is 2. The molecule has 3 aromatic rings. The fraction of sp³-hybridized carbons (Fsp3) is 0.111. The molecule has 0 amide bonds. The topological polar surface area (TPSA) is 49.8 Å². The molecule has 0 fully saturated rings. The van der Waals surface area contributed by atoms with Crippen LogP contribution in [0.5, 0.6) is 0 Å². The molecular weight excluding hydrogens is 329 g/mol. The van der Waals surface area contributed by atoms with Gasteiger partial charge in [-0.1, -0.05) is 30.3 Å². The summed E-state index contributed by atoms with van der Waals surface area (Å²) < 4.78 is 37.7. The molecule has 128 valence electrons. The molecule has 4 nitrogen and oxygen atoms in total. The second-order valence-electron chi connectivity index (χ2n) is 5.33. The Morgan fingerprint density at radius 2 is 1.52 bits per heavy atom. The molecular formula is C18H15F3N4. The summed E-state index contributed by atoms with van der Waals surface area (Å²) in [5.74, 6) is 1.11. The van der Waals surface area contributed by atoms with Crippen LogP contribution in [-0.2, 0) is 12.7 Å². The molecule has 1 heterocycles. The number of anilines is 3. The van der Waals surface area contributed by atoms with Crippen LogP contribution in [-0.4, -0.2) is 9.97 Å². The van der Waals surface area contributed by atoms with Crippen molar-refractivity contribution >= 4 is 17.3 Å². The number of nitrogens with one attached hydrogen (secondary N) is 2. The summed E-state index contributed by atoms with van der Waals surface area (Å²) in [6.45, 7) is 0.609. The maximum atomic E-state index is 12.6. The third-order valence-electron chi connectivity index (χ3n) is 3.47. The highest BCUT2D eigenvalue weighted by molar-refractivity contribution is 5.59. The van der Waals surface area contributed by atoms with Crippen molar-refractivity contribution in [3.63, 3.8) is 0 Å². The smallest absolute Gasteiger partial charge is 0.366 e. The van der Waals surface area contributed by atoms with Crippen LogP contribution in [0.3, 0.4) is 0 Å². The highest BCUT2D eigenvalue weighted by Crippen LogP contribution is 2.30. The molecule has 2 N–H and O–H groups in total. The molecule has 0 saturated carbocycles. The van der Waals surface area contributed by atoms with E-state index in [9.17, 15) is 13.2 Å². The van der Waals surface area contributed by atoms with Crippen LogP contribution in [0.4, 0.5) is 30.5 Å². The average molecular weight is 344 g/mol. The van der Waals surface area contributed by atoms with Crippen molar-refractivity contribution in [1.82, 2.24) is 9.97 Å². The van der Waals surface area contributed by atoms with Crippen molar-refractivity contribution in [2.45, 2.75) is 12.7 Å². The number of hydrogen-bond donors (Lipinski definition) is 2. The Hall–Kier alpha value is -3.09. The zero-order chi connectivity index (χ0) is 17.7. The molecule has 0 bridgehead atoms. The van der Waals surface area contributed by atoms with Crippen LogP contribution in [0.15, 0.2) is 67.0 Å². The van der Waals surface area contributed by atoms with Crippen LogP contribution in [0.25, 0.3) is 0 Å². The predicted molar refractivity (Wildman–Crippen MR) is 90.5 cm³/mol. The fourth-order valence-corrected chi connectivity index (χ4v) is 2.20. The first kappa shape index (κ1) is 16.8. The zero-order valence-corrected chi connectivity index (χ0v) is 13.1. The molecule has 0 saturated heterocycles. The van der Waals surface area contributed by atoms with Crippen molar-refractivity contribution in [3.05, 3.63) is 78.1 Å². The molecule has 0 aliphatic rings. The van der Waals surface area contributed by atoms with Gasteiger partial charge in [0.25, 0.3) is 0 Å². The Balaban J connectivity index is 1.65. The Morgan fingerprint density at radius 3 is 2.20 bits per heavy atom. The summed E-state index contributed by atoms with van der Waals surface area (Å²) in [5, 5.41) is 6.14. The van der Waals surface area contributed by atoms with Gasteiger partial charge in [-0.2, -0.15) is 13.2 Å². The normalized spacial score (nSPS) is 11.2. The first-order valence-electron chi connectivity index (χ1n) is 7.55. The van der Waals surface area contributed by atoms with Crippen LogP contribution in [0.1, 0.15) is 11.1 Å². The molecule has 0 spiro atoms. The molecule has 0 radical (unpaired) electrons. The van der Waals surface area contributed by atoms with E-state index in [0.29, 0.717) is 23.9 Å². The van der Waals surface area contributed by atoms with E-state index in [0.717, 1.165) is 17.7 Å². The van der Waals surface area contributed by atoms with Gasteiger partial charge in [-0.15, -0.1) is 0 Å². The monoisotopic (exact) mass is 344 g/mol. The largest absolute Gasteiger partial charge is 0.416 e. The maximum Gasteiger partial charge on any atom is 0.416 e. The van der Waals surface area contributed by atoms with E-state index in [1.165, 1.54) is 18.5 Å². The van der Waals surface area contributed by atoms with E-state index in [2.05, 4.69) is 20.6 Å². The summed E-state index contributed by atoms with van der Waals surface area (Å²) in [6, 6.07) is 16.3. The number of rotatable bonds is 5. The minimum atomic E-state index is -4.35. The van der Waals surface area contributed by atoms with Gasteiger partial charge in [-0.25, -0.2) is 9.97 Å². The van der Waals surface area contributed by atoms with Gasteiger partial charge in [0.15, 0.2) is 0 Å². The van der Waals surface area contributed by atoms with E-state index >= 15 is 0 Å². The van der Waals surface area contributed by atoms with Gasteiger partial charge in [-0.3, -0.25) is 0 Å². The molecule has 25 heavy (non-hydrogen) atoms. The molecule has 2 aromatic carbocycles. The summed E-state index contributed by atoms with van der Waals surface area (Å²) >= 11 is 0. The highest BCUT2D eigenvalue weighted by atomic mass is 19.4. The molecule has 0 unspecified atom stereocenters. The van der Waals surface area contributed by atoms with Gasteiger partial charge < -0.3 is 10.6 Å². The van der Waals surface area contributed by atoms with E-state index in [1.807, 2.05) is 30.3 Å².